The molecular formula is C10H10FNO. The van der Waals surface area contributed by atoms with Crippen LogP contribution in [-0.2, 0) is 0 Å². The van der Waals surface area contributed by atoms with Crippen LogP contribution in [0.15, 0.2) is 18.3 Å². The van der Waals surface area contributed by atoms with Crippen LogP contribution in [0.4, 0.5) is 4.39 Å². The van der Waals surface area contributed by atoms with E-state index in [0.29, 0.717) is 5.69 Å². The van der Waals surface area contributed by atoms with Crippen LogP contribution in [0.2, 0.25) is 0 Å². The molecule has 0 spiro atoms. The molecule has 1 saturated carbocycles. The van der Waals surface area contributed by atoms with Gasteiger partial charge in [-0.05, 0) is 25.0 Å². The minimum Gasteiger partial charge on any atom is -0.292 e. The Morgan fingerprint density at radius 2 is 2.23 bits per heavy atom. The number of ketones is 1. The first-order valence-corrected chi connectivity index (χ1v) is 4.43. The Kier molecular flexibility index (Phi) is 2.08. The van der Waals surface area contributed by atoms with Crippen molar-refractivity contribution in [2.45, 2.75) is 19.3 Å². The lowest BCUT2D eigenvalue weighted by atomic mass is 9.81. The number of nitrogens with zero attached hydrogens (tertiary/aromatic N) is 1. The number of halogens is 1. The van der Waals surface area contributed by atoms with E-state index < -0.39 is 5.82 Å². The highest BCUT2D eigenvalue weighted by Gasteiger charge is 2.26. The smallest absolute Gasteiger partial charge is 0.184 e. The Morgan fingerprint density at radius 1 is 1.46 bits per heavy atom. The van der Waals surface area contributed by atoms with Crippen LogP contribution in [0.3, 0.4) is 0 Å². The standard InChI is InChI=1S/C10H10FNO/c11-8-4-5-9(12-6-8)10(13)7-2-1-3-7/h4-7H,1-3H2. The molecular weight excluding hydrogens is 169 g/mol. The van der Waals surface area contributed by atoms with Gasteiger partial charge in [-0.3, -0.25) is 9.78 Å². The van der Waals surface area contributed by atoms with E-state index in [1.165, 1.54) is 12.1 Å². The molecule has 1 aromatic rings. The van der Waals surface area contributed by atoms with Crippen molar-refractivity contribution in [3.05, 3.63) is 29.8 Å². The van der Waals surface area contributed by atoms with Crippen molar-refractivity contribution in [1.82, 2.24) is 4.98 Å². The number of rotatable bonds is 2. The van der Waals surface area contributed by atoms with Crippen LogP contribution < -0.4 is 0 Å². The third-order valence-corrected chi connectivity index (χ3v) is 2.46. The van der Waals surface area contributed by atoms with Crippen LogP contribution in [0.25, 0.3) is 0 Å². The van der Waals surface area contributed by atoms with E-state index in [4.69, 9.17) is 0 Å². The molecule has 0 saturated heterocycles. The molecule has 2 rings (SSSR count). The highest BCUT2D eigenvalue weighted by molar-refractivity contribution is 5.96. The number of carbonyl (C=O) groups excluding carboxylic acids is 1. The van der Waals surface area contributed by atoms with Crippen LogP contribution in [0.1, 0.15) is 29.8 Å². The highest BCUT2D eigenvalue weighted by Crippen LogP contribution is 2.29. The summed E-state index contributed by atoms with van der Waals surface area (Å²) in [4.78, 5) is 15.3. The van der Waals surface area contributed by atoms with Crippen molar-refractivity contribution < 1.29 is 9.18 Å². The maximum Gasteiger partial charge on any atom is 0.184 e. The molecule has 0 unspecified atom stereocenters. The monoisotopic (exact) mass is 179 g/mol. The van der Waals surface area contributed by atoms with Crippen LogP contribution in [0, 0.1) is 11.7 Å². The quantitative estimate of drug-likeness (QED) is 0.651. The number of aromatic nitrogens is 1. The molecule has 0 radical (unpaired) electrons. The van der Waals surface area contributed by atoms with Crippen molar-refractivity contribution in [2.24, 2.45) is 5.92 Å². The molecule has 68 valence electrons. The summed E-state index contributed by atoms with van der Waals surface area (Å²) < 4.78 is 12.5. The molecule has 1 aliphatic rings. The number of carbonyl (C=O) groups is 1. The van der Waals surface area contributed by atoms with Gasteiger partial charge in [-0.25, -0.2) is 4.39 Å². The molecule has 1 fully saturated rings. The summed E-state index contributed by atoms with van der Waals surface area (Å²) in [6.07, 6.45) is 4.12. The molecule has 1 aliphatic carbocycles. The summed E-state index contributed by atoms with van der Waals surface area (Å²) in [5, 5.41) is 0. The normalized spacial score (nSPS) is 16.7. The second kappa shape index (κ2) is 3.24. The predicted molar refractivity (Wildman–Crippen MR) is 45.9 cm³/mol. The van der Waals surface area contributed by atoms with E-state index in [1.54, 1.807) is 0 Å². The number of hydrogen-bond acceptors (Lipinski definition) is 2. The Morgan fingerprint density at radius 3 is 2.69 bits per heavy atom. The van der Waals surface area contributed by atoms with Crippen molar-refractivity contribution >= 4 is 5.78 Å². The minimum absolute atomic E-state index is 0.0613. The van der Waals surface area contributed by atoms with Gasteiger partial charge in [0, 0.05) is 5.92 Å². The zero-order valence-corrected chi connectivity index (χ0v) is 7.16. The summed E-state index contributed by atoms with van der Waals surface area (Å²) in [5.41, 5.74) is 0.395. The Hall–Kier alpha value is -1.25. The summed E-state index contributed by atoms with van der Waals surface area (Å²) in [7, 11) is 0. The van der Waals surface area contributed by atoms with Crippen molar-refractivity contribution in [3.8, 4) is 0 Å². The minimum atomic E-state index is -0.398. The van der Waals surface area contributed by atoms with E-state index in [-0.39, 0.29) is 11.7 Å². The average molecular weight is 179 g/mol. The Bertz CT molecular complexity index is 316. The first-order chi connectivity index (χ1) is 6.27. The van der Waals surface area contributed by atoms with Crippen LogP contribution in [-0.4, -0.2) is 10.8 Å². The van der Waals surface area contributed by atoms with E-state index >= 15 is 0 Å². The summed E-state index contributed by atoms with van der Waals surface area (Å²) >= 11 is 0. The number of hydrogen-bond donors (Lipinski definition) is 0. The fourth-order valence-electron chi connectivity index (χ4n) is 1.40. The lowest BCUT2D eigenvalue weighted by molar-refractivity contribution is 0.0850. The van der Waals surface area contributed by atoms with Gasteiger partial charge in [-0.1, -0.05) is 6.42 Å². The van der Waals surface area contributed by atoms with Gasteiger partial charge in [0.2, 0.25) is 0 Å². The Balaban J connectivity index is 2.15. The van der Waals surface area contributed by atoms with E-state index in [0.717, 1.165) is 25.5 Å². The average Bonchev–Trinajstić information content (AvgIpc) is 2.02. The van der Waals surface area contributed by atoms with Gasteiger partial charge in [0.1, 0.15) is 11.5 Å². The van der Waals surface area contributed by atoms with Crippen molar-refractivity contribution in [3.63, 3.8) is 0 Å². The van der Waals surface area contributed by atoms with Gasteiger partial charge >= 0.3 is 0 Å². The zero-order chi connectivity index (χ0) is 9.26. The molecule has 0 N–H and O–H groups in total. The second-order valence-electron chi connectivity index (χ2n) is 3.35. The van der Waals surface area contributed by atoms with Gasteiger partial charge in [-0.2, -0.15) is 0 Å². The highest BCUT2D eigenvalue weighted by atomic mass is 19.1. The van der Waals surface area contributed by atoms with E-state index in [1.807, 2.05) is 0 Å². The van der Waals surface area contributed by atoms with E-state index in [9.17, 15) is 9.18 Å². The van der Waals surface area contributed by atoms with Gasteiger partial charge < -0.3 is 0 Å². The molecule has 0 aliphatic heterocycles. The second-order valence-corrected chi connectivity index (χ2v) is 3.35. The molecule has 0 bridgehead atoms. The third kappa shape index (κ3) is 1.59. The molecule has 3 heteroatoms. The predicted octanol–water partition coefficient (Wildman–Crippen LogP) is 2.20. The molecule has 2 nitrogen and oxygen atoms in total. The third-order valence-electron chi connectivity index (χ3n) is 2.46. The van der Waals surface area contributed by atoms with Gasteiger partial charge in [-0.15, -0.1) is 0 Å². The number of pyridine rings is 1. The molecule has 13 heavy (non-hydrogen) atoms. The Labute approximate surface area is 75.8 Å². The topological polar surface area (TPSA) is 30.0 Å². The molecule has 0 aromatic carbocycles. The largest absolute Gasteiger partial charge is 0.292 e. The van der Waals surface area contributed by atoms with Gasteiger partial charge in [0.25, 0.3) is 0 Å². The first-order valence-electron chi connectivity index (χ1n) is 4.43. The molecule has 1 aromatic heterocycles. The number of Topliss-reactive ketones (excluding diaryl/α,β-unsaturated/α-hetero) is 1. The maximum absolute atomic E-state index is 12.5. The SMILES string of the molecule is O=C(c1ccc(F)cn1)C1CCC1. The lowest BCUT2D eigenvalue weighted by Crippen LogP contribution is -2.22. The van der Waals surface area contributed by atoms with Crippen LogP contribution >= 0.6 is 0 Å². The van der Waals surface area contributed by atoms with Crippen LogP contribution in [0.5, 0.6) is 0 Å². The fourth-order valence-corrected chi connectivity index (χ4v) is 1.40. The summed E-state index contributed by atoms with van der Waals surface area (Å²) in [6, 6.07) is 2.73. The summed E-state index contributed by atoms with van der Waals surface area (Å²) in [6.45, 7) is 0. The summed E-state index contributed by atoms with van der Waals surface area (Å²) in [5.74, 6) is -0.200. The van der Waals surface area contributed by atoms with Crippen molar-refractivity contribution in [2.75, 3.05) is 0 Å². The zero-order valence-electron chi connectivity index (χ0n) is 7.16. The maximum atomic E-state index is 12.5. The molecule has 1 heterocycles. The fraction of sp³-hybridized carbons (Fsp3) is 0.400. The molecule has 0 amide bonds. The van der Waals surface area contributed by atoms with Gasteiger partial charge in [0.15, 0.2) is 5.78 Å². The van der Waals surface area contributed by atoms with E-state index in [2.05, 4.69) is 4.98 Å². The van der Waals surface area contributed by atoms with Gasteiger partial charge in [0.05, 0.1) is 6.20 Å². The first kappa shape index (κ1) is 8.35. The lowest BCUT2D eigenvalue weighted by Gasteiger charge is -2.23. The van der Waals surface area contributed by atoms with Crippen molar-refractivity contribution in [1.29, 1.82) is 0 Å². The molecule has 0 atom stereocenters.